The molecule has 51 heavy (non-hydrogen) atoms. The first-order chi connectivity index (χ1) is 24.8. The number of hydrogen-bond donors (Lipinski definition) is 5. The highest BCUT2D eigenvalue weighted by atomic mass is 31.2. The SMILES string of the molecule is CCCCCCCC/C=C\C/C=C\C(O)CC(=O)NC(COP(=O)(O)OCCN)C(O)/C=C/CC/C=C/CC/C=C/CCCCCCCCCC. The maximum Gasteiger partial charge on any atom is 0.472 e. The van der Waals surface area contributed by atoms with Gasteiger partial charge in [-0.15, -0.1) is 0 Å². The number of amides is 1. The Morgan fingerprint density at radius 2 is 1.16 bits per heavy atom. The van der Waals surface area contributed by atoms with E-state index >= 15 is 0 Å². The minimum absolute atomic E-state index is 0.0320. The van der Waals surface area contributed by atoms with E-state index in [0.717, 1.165) is 32.1 Å². The number of aliphatic hydroxyl groups excluding tert-OH is 2. The Labute approximate surface area is 311 Å². The highest BCUT2D eigenvalue weighted by Gasteiger charge is 2.27. The van der Waals surface area contributed by atoms with Crippen molar-refractivity contribution in [3.63, 3.8) is 0 Å². The summed E-state index contributed by atoms with van der Waals surface area (Å²) in [6.07, 6.45) is 42.0. The Balaban J connectivity index is 4.58. The van der Waals surface area contributed by atoms with Gasteiger partial charge in [0.1, 0.15) is 0 Å². The second kappa shape index (κ2) is 36.5. The number of phosphoric ester groups is 1. The van der Waals surface area contributed by atoms with Gasteiger partial charge >= 0.3 is 7.82 Å². The van der Waals surface area contributed by atoms with Crippen molar-refractivity contribution in [3.05, 3.63) is 60.8 Å². The molecule has 296 valence electrons. The van der Waals surface area contributed by atoms with Gasteiger partial charge in [-0.05, 0) is 57.8 Å². The minimum Gasteiger partial charge on any atom is -0.389 e. The highest BCUT2D eigenvalue weighted by molar-refractivity contribution is 7.47. The van der Waals surface area contributed by atoms with Crippen LogP contribution >= 0.6 is 7.82 Å². The average molecular weight is 739 g/mol. The van der Waals surface area contributed by atoms with Crippen LogP contribution in [0.15, 0.2) is 60.8 Å². The van der Waals surface area contributed by atoms with Crippen LogP contribution in [0, 0.1) is 0 Å². The zero-order valence-electron chi connectivity index (χ0n) is 32.2. The van der Waals surface area contributed by atoms with Gasteiger partial charge in [0.2, 0.25) is 5.91 Å². The molecule has 0 spiro atoms. The van der Waals surface area contributed by atoms with Gasteiger partial charge in [0.25, 0.3) is 0 Å². The van der Waals surface area contributed by atoms with E-state index in [1.165, 1.54) is 96.0 Å². The zero-order valence-corrected chi connectivity index (χ0v) is 33.1. The summed E-state index contributed by atoms with van der Waals surface area (Å²) in [5.41, 5.74) is 5.34. The van der Waals surface area contributed by atoms with Gasteiger partial charge in [-0.1, -0.05) is 152 Å². The Kier molecular flexibility index (Phi) is 35.2. The fourth-order valence-electron chi connectivity index (χ4n) is 5.32. The third-order valence-electron chi connectivity index (χ3n) is 8.36. The van der Waals surface area contributed by atoms with Crippen molar-refractivity contribution in [2.24, 2.45) is 5.73 Å². The van der Waals surface area contributed by atoms with E-state index < -0.39 is 38.6 Å². The Morgan fingerprint density at radius 3 is 1.71 bits per heavy atom. The van der Waals surface area contributed by atoms with Crippen LogP contribution < -0.4 is 11.1 Å². The van der Waals surface area contributed by atoms with Crippen LogP contribution in [0.3, 0.4) is 0 Å². The number of phosphoric acid groups is 1. The molecule has 9 nitrogen and oxygen atoms in total. The number of rotatable bonds is 36. The first kappa shape index (κ1) is 49.2. The van der Waals surface area contributed by atoms with Crippen LogP contribution in [0.25, 0.3) is 0 Å². The molecule has 4 atom stereocenters. The predicted molar refractivity (Wildman–Crippen MR) is 213 cm³/mol. The van der Waals surface area contributed by atoms with Gasteiger partial charge < -0.3 is 26.2 Å². The highest BCUT2D eigenvalue weighted by Crippen LogP contribution is 2.43. The van der Waals surface area contributed by atoms with E-state index in [0.29, 0.717) is 12.8 Å². The number of carbonyl (C=O) groups excluding carboxylic acids is 1. The van der Waals surface area contributed by atoms with Gasteiger partial charge in [-0.25, -0.2) is 4.57 Å². The van der Waals surface area contributed by atoms with Crippen molar-refractivity contribution in [1.82, 2.24) is 5.32 Å². The molecule has 0 aromatic carbocycles. The van der Waals surface area contributed by atoms with E-state index in [-0.39, 0.29) is 19.6 Å². The molecule has 0 aromatic heterocycles. The van der Waals surface area contributed by atoms with Crippen LogP contribution in [-0.4, -0.2) is 59.0 Å². The molecule has 0 saturated heterocycles. The van der Waals surface area contributed by atoms with Crippen LogP contribution in [0.4, 0.5) is 0 Å². The van der Waals surface area contributed by atoms with Crippen molar-refractivity contribution in [1.29, 1.82) is 0 Å². The van der Waals surface area contributed by atoms with Gasteiger partial charge in [0.05, 0.1) is 37.9 Å². The number of allylic oxidation sites excluding steroid dienone is 8. The molecule has 0 aliphatic heterocycles. The second-order valence-corrected chi connectivity index (χ2v) is 14.8. The lowest BCUT2D eigenvalue weighted by molar-refractivity contribution is -0.124. The summed E-state index contributed by atoms with van der Waals surface area (Å²) < 4.78 is 22.0. The van der Waals surface area contributed by atoms with Crippen LogP contribution in [0.5, 0.6) is 0 Å². The molecule has 10 heteroatoms. The summed E-state index contributed by atoms with van der Waals surface area (Å²) in [5.74, 6) is -0.530. The Hall–Kier alpha value is -1.84. The van der Waals surface area contributed by atoms with Crippen LogP contribution in [0.2, 0.25) is 0 Å². The molecule has 0 aliphatic carbocycles. The number of carbonyl (C=O) groups is 1. The van der Waals surface area contributed by atoms with Crippen molar-refractivity contribution in [2.45, 2.75) is 173 Å². The molecular weight excluding hydrogens is 663 g/mol. The molecule has 0 aliphatic rings. The number of hydrogen-bond acceptors (Lipinski definition) is 7. The molecule has 0 fully saturated rings. The zero-order chi connectivity index (χ0) is 37.7. The number of unbranched alkanes of at least 4 members (excludes halogenated alkanes) is 16. The molecule has 0 heterocycles. The summed E-state index contributed by atoms with van der Waals surface area (Å²) in [6.45, 7) is 3.85. The van der Waals surface area contributed by atoms with Gasteiger partial charge in [-0.2, -0.15) is 0 Å². The monoisotopic (exact) mass is 739 g/mol. The lowest BCUT2D eigenvalue weighted by Gasteiger charge is -2.23. The molecule has 0 bridgehead atoms. The maximum absolute atomic E-state index is 12.7. The predicted octanol–water partition coefficient (Wildman–Crippen LogP) is 9.69. The third kappa shape index (κ3) is 35.0. The Morgan fingerprint density at radius 1 is 0.667 bits per heavy atom. The number of aliphatic hydroxyl groups is 2. The molecule has 6 N–H and O–H groups in total. The molecule has 0 saturated carbocycles. The second-order valence-electron chi connectivity index (χ2n) is 13.3. The van der Waals surface area contributed by atoms with Crippen LogP contribution in [0.1, 0.15) is 155 Å². The largest absolute Gasteiger partial charge is 0.472 e. The molecule has 0 rings (SSSR count). The summed E-state index contributed by atoms with van der Waals surface area (Å²) in [4.78, 5) is 22.6. The van der Waals surface area contributed by atoms with Gasteiger partial charge in [-0.3, -0.25) is 13.8 Å². The van der Waals surface area contributed by atoms with Crippen molar-refractivity contribution < 1.29 is 33.5 Å². The van der Waals surface area contributed by atoms with Crippen LogP contribution in [-0.2, 0) is 18.4 Å². The van der Waals surface area contributed by atoms with Crippen molar-refractivity contribution in [2.75, 3.05) is 19.8 Å². The van der Waals surface area contributed by atoms with E-state index in [1.54, 1.807) is 12.2 Å². The fourth-order valence-corrected chi connectivity index (χ4v) is 6.08. The summed E-state index contributed by atoms with van der Waals surface area (Å²) in [5, 5.41) is 23.8. The normalized spacial score (nSPS) is 15.5. The lowest BCUT2D eigenvalue weighted by Crippen LogP contribution is -2.46. The Bertz CT molecular complexity index is 999. The molecule has 0 aromatic rings. The maximum atomic E-state index is 12.7. The van der Waals surface area contributed by atoms with E-state index in [2.05, 4.69) is 55.6 Å². The molecule has 0 radical (unpaired) electrons. The molecule has 4 unspecified atom stereocenters. The van der Waals surface area contributed by atoms with Crippen molar-refractivity contribution in [3.8, 4) is 0 Å². The smallest absolute Gasteiger partial charge is 0.389 e. The first-order valence-corrected chi connectivity index (χ1v) is 21.5. The van der Waals surface area contributed by atoms with E-state index in [9.17, 15) is 24.5 Å². The lowest BCUT2D eigenvalue weighted by atomic mass is 10.1. The summed E-state index contributed by atoms with van der Waals surface area (Å²) in [7, 11) is -4.42. The molecular formula is C41H75N2O7P. The van der Waals surface area contributed by atoms with E-state index in [1.807, 2.05) is 6.08 Å². The topological polar surface area (TPSA) is 151 Å². The van der Waals surface area contributed by atoms with Crippen molar-refractivity contribution >= 4 is 13.7 Å². The average Bonchev–Trinajstić information content (AvgIpc) is 3.10. The van der Waals surface area contributed by atoms with Gasteiger partial charge in [0.15, 0.2) is 0 Å². The number of nitrogens with two attached hydrogens (primary N) is 1. The summed E-state index contributed by atoms with van der Waals surface area (Å²) in [6, 6.07) is -1.04. The van der Waals surface area contributed by atoms with Gasteiger partial charge in [0, 0.05) is 6.54 Å². The first-order valence-electron chi connectivity index (χ1n) is 20.0. The third-order valence-corrected chi connectivity index (χ3v) is 9.34. The summed E-state index contributed by atoms with van der Waals surface area (Å²) >= 11 is 0. The quantitative estimate of drug-likeness (QED) is 0.0242. The molecule has 1 amide bonds. The number of nitrogens with one attached hydrogen (secondary N) is 1. The standard InChI is InChI=1S/C41H75N2O7P/c1-3-5-7-9-11-13-15-16-17-18-19-20-21-23-25-27-29-31-33-40(45)39(37-50-51(47,48)49-35-34-42)43-41(46)36-38(44)32-30-28-26-24-22-14-12-10-8-6-4-2/h18-19,23-26,30-33,38-40,44-45H,3-17,20-22,27-29,34-37,42H2,1-2H3,(H,43,46)(H,47,48)/b19-18+,25-23+,26-24-,32-30-,33-31+. The fraction of sp³-hybridized carbons (Fsp3) is 0.732. The van der Waals surface area contributed by atoms with E-state index in [4.69, 9.17) is 14.8 Å². The minimum atomic E-state index is -4.42.